The molecule has 0 aliphatic rings. The normalized spacial score (nSPS) is 13.6. The first-order valence-corrected chi connectivity index (χ1v) is 7.58. The number of nitrogens with one attached hydrogen (secondary N) is 1. The molecule has 1 aromatic heterocycles. The minimum absolute atomic E-state index is 0.0150. The van der Waals surface area contributed by atoms with Crippen LogP contribution in [0.3, 0.4) is 0 Å². The van der Waals surface area contributed by atoms with Gasteiger partial charge in [-0.05, 0) is 49.6 Å². The van der Waals surface area contributed by atoms with Gasteiger partial charge in [0.2, 0.25) is 0 Å². The largest absolute Gasteiger partial charge is 0.481 e. The van der Waals surface area contributed by atoms with E-state index in [4.69, 9.17) is 16.3 Å². The molecule has 2 rings (SSSR count). The van der Waals surface area contributed by atoms with Crippen LogP contribution in [0.4, 0.5) is 0 Å². The number of amides is 1. The van der Waals surface area contributed by atoms with Crippen molar-refractivity contribution in [3.63, 3.8) is 0 Å². The number of benzene rings is 1. The van der Waals surface area contributed by atoms with Crippen molar-refractivity contribution in [1.82, 2.24) is 5.32 Å². The van der Waals surface area contributed by atoms with Gasteiger partial charge in [-0.1, -0.05) is 17.7 Å². The maximum absolute atomic E-state index is 12.1. The van der Waals surface area contributed by atoms with Gasteiger partial charge in [-0.3, -0.25) is 4.79 Å². The van der Waals surface area contributed by atoms with Crippen molar-refractivity contribution in [2.45, 2.75) is 26.0 Å². The molecule has 0 saturated carbocycles. The van der Waals surface area contributed by atoms with E-state index < -0.39 is 6.10 Å². The smallest absolute Gasteiger partial charge is 0.261 e. The van der Waals surface area contributed by atoms with E-state index in [0.29, 0.717) is 10.8 Å². The predicted octanol–water partition coefficient (Wildman–Crippen LogP) is 4.05. The zero-order chi connectivity index (χ0) is 14.5. The fourth-order valence-corrected chi connectivity index (χ4v) is 2.57. The average Bonchev–Trinajstić information content (AvgIpc) is 2.95. The van der Waals surface area contributed by atoms with Crippen molar-refractivity contribution in [2.24, 2.45) is 0 Å². The Hall–Kier alpha value is -1.52. The molecule has 1 amide bonds. The zero-order valence-corrected chi connectivity index (χ0v) is 12.9. The lowest BCUT2D eigenvalue weighted by Crippen LogP contribution is -2.37. The fourth-order valence-electron chi connectivity index (χ4n) is 1.71. The van der Waals surface area contributed by atoms with E-state index in [1.807, 2.05) is 24.4 Å². The van der Waals surface area contributed by atoms with Crippen LogP contribution in [0, 0.1) is 0 Å². The Bertz CT molecular complexity index is 554. The number of thiophene rings is 1. The lowest BCUT2D eigenvalue weighted by Gasteiger charge is -2.18. The lowest BCUT2D eigenvalue weighted by molar-refractivity contribution is -0.127. The van der Waals surface area contributed by atoms with Crippen molar-refractivity contribution >= 4 is 28.8 Å². The first-order chi connectivity index (χ1) is 9.56. The second-order valence-electron chi connectivity index (χ2n) is 4.46. The van der Waals surface area contributed by atoms with Crippen molar-refractivity contribution in [3.8, 4) is 5.75 Å². The second-order valence-corrected chi connectivity index (χ2v) is 5.88. The second kappa shape index (κ2) is 6.77. The predicted molar refractivity (Wildman–Crippen MR) is 82.4 cm³/mol. The van der Waals surface area contributed by atoms with Crippen LogP contribution in [-0.2, 0) is 4.79 Å². The molecule has 20 heavy (non-hydrogen) atoms. The van der Waals surface area contributed by atoms with Crippen LogP contribution in [0.15, 0.2) is 41.8 Å². The molecule has 0 saturated heterocycles. The highest BCUT2D eigenvalue weighted by Gasteiger charge is 2.18. The summed E-state index contributed by atoms with van der Waals surface area (Å²) in [6.45, 7) is 3.68. The summed E-state index contributed by atoms with van der Waals surface area (Å²) in [4.78, 5) is 13.2. The third-order valence-electron chi connectivity index (χ3n) is 2.82. The van der Waals surface area contributed by atoms with Crippen molar-refractivity contribution < 1.29 is 9.53 Å². The highest BCUT2D eigenvalue weighted by Crippen LogP contribution is 2.19. The molecule has 0 bridgehead atoms. The van der Waals surface area contributed by atoms with Crippen LogP contribution in [0.2, 0.25) is 5.02 Å². The van der Waals surface area contributed by atoms with Crippen LogP contribution in [0.1, 0.15) is 24.8 Å². The highest BCUT2D eigenvalue weighted by molar-refractivity contribution is 7.10. The Kier molecular flexibility index (Phi) is 5.04. The van der Waals surface area contributed by atoms with Crippen LogP contribution in [-0.4, -0.2) is 12.0 Å². The van der Waals surface area contributed by atoms with Crippen LogP contribution < -0.4 is 10.1 Å². The molecule has 0 aliphatic heterocycles. The van der Waals surface area contributed by atoms with Crippen LogP contribution >= 0.6 is 22.9 Å². The molecular formula is C15H16ClNO2S. The number of hydrogen-bond acceptors (Lipinski definition) is 3. The van der Waals surface area contributed by atoms with Crippen molar-refractivity contribution in [1.29, 1.82) is 0 Å². The molecule has 3 nitrogen and oxygen atoms in total. The summed E-state index contributed by atoms with van der Waals surface area (Å²) in [5.41, 5.74) is 0. The maximum atomic E-state index is 12.1. The molecule has 5 heteroatoms. The first-order valence-electron chi connectivity index (χ1n) is 6.32. The van der Waals surface area contributed by atoms with Gasteiger partial charge >= 0.3 is 0 Å². The summed E-state index contributed by atoms with van der Waals surface area (Å²) in [7, 11) is 0. The van der Waals surface area contributed by atoms with Crippen molar-refractivity contribution in [2.75, 3.05) is 0 Å². The van der Waals surface area contributed by atoms with Crippen LogP contribution in [0.25, 0.3) is 0 Å². The molecule has 0 radical (unpaired) electrons. The molecule has 1 heterocycles. The summed E-state index contributed by atoms with van der Waals surface area (Å²) in [5, 5.41) is 5.57. The number of halogens is 1. The molecule has 0 aliphatic carbocycles. The highest BCUT2D eigenvalue weighted by atomic mass is 35.5. The number of ether oxygens (including phenoxy) is 1. The number of carbonyl (C=O) groups is 1. The molecule has 0 unspecified atom stereocenters. The molecule has 106 valence electrons. The maximum Gasteiger partial charge on any atom is 0.261 e. The lowest BCUT2D eigenvalue weighted by atomic mass is 10.2. The molecule has 0 spiro atoms. The molecule has 1 aromatic carbocycles. The van der Waals surface area contributed by atoms with E-state index in [9.17, 15) is 4.79 Å². The Morgan fingerprint density at radius 3 is 2.55 bits per heavy atom. The summed E-state index contributed by atoms with van der Waals surface area (Å²) >= 11 is 7.42. The third kappa shape index (κ3) is 3.99. The van der Waals surface area contributed by atoms with Gasteiger partial charge in [0.15, 0.2) is 6.10 Å². The van der Waals surface area contributed by atoms with Gasteiger partial charge in [-0.2, -0.15) is 0 Å². The van der Waals surface area contributed by atoms with Gasteiger partial charge in [0, 0.05) is 9.90 Å². The average molecular weight is 310 g/mol. The Labute approximate surface area is 127 Å². The van der Waals surface area contributed by atoms with Gasteiger partial charge in [0.05, 0.1) is 6.04 Å². The number of hydrogen-bond donors (Lipinski definition) is 1. The van der Waals surface area contributed by atoms with E-state index in [-0.39, 0.29) is 11.9 Å². The summed E-state index contributed by atoms with van der Waals surface area (Å²) in [5.74, 6) is 0.488. The Morgan fingerprint density at radius 2 is 1.95 bits per heavy atom. The molecule has 0 fully saturated rings. The van der Waals surface area contributed by atoms with Gasteiger partial charge in [0.25, 0.3) is 5.91 Å². The zero-order valence-electron chi connectivity index (χ0n) is 11.3. The van der Waals surface area contributed by atoms with Gasteiger partial charge in [-0.25, -0.2) is 0 Å². The fraction of sp³-hybridized carbons (Fsp3) is 0.267. The van der Waals surface area contributed by atoms with E-state index in [0.717, 1.165) is 4.88 Å². The van der Waals surface area contributed by atoms with Gasteiger partial charge in [0.1, 0.15) is 5.75 Å². The van der Waals surface area contributed by atoms with Crippen LogP contribution in [0.5, 0.6) is 5.75 Å². The molecular weight excluding hydrogens is 294 g/mol. The van der Waals surface area contributed by atoms with E-state index >= 15 is 0 Å². The summed E-state index contributed by atoms with van der Waals surface area (Å²) in [6, 6.07) is 10.9. The monoisotopic (exact) mass is 309 g/mol. The van der Waals surface area contributed by atoms with Gasteiger partial charge < -0.3 is 10.1 Å². The SMILES string of the molecule is C[C@H](NC(=O)[C@@H](C)Oc1ccc(Cl)cc1)c1cccs1. The summed E-state index contributed by atoms with van der Waals surface area (Å²) < 4.78 is 5.58. The number of carbonyl (C=O) groups excluding carboxylic acids is 1. The van der Waals surface area contributed by atoms with E-state index in [1.54, 1.807) is 42.5 Å². The Balaban J connectivity index is 1.90. The number of rotatable bonds is 5. The first kappa shape index (κ1) is 14.9. The standard InChI is InChI=1S/C15H16ClNO2S/c1-10(14-4-3-9-20-14)17-15(18)11(2)19-13-7-5-12(16)6-8-13/h3-11H,1-2H3,(H,17,18)/t10-,11+/m0/s1. The molecule has 2 aromatic rings. The van der Waals surface area contributed by atoms with Gasteiger partial charge in [-0.15, -0.1) is 11.3 Å². The minimum Gasteiger partial charge on any atom is -0.481 e. The Morgan fingerprint density at radius 1 is 1.25 bits per heavy atom. The van der Waals surface area contributed by atoms with E-state index in [2.05, 4.69) is 5.32 Å². The topological polar surface area (TPSA) is 38.3 Å². The molecule has 2 atom stereocenters. The van der Waals surface area contributed by atoms with Crippen molar-refractivity contribution in [3.05, 3.63) is 51.7 Å². The third-order valence-corrected chi connectivity index (χ3v) is 4.13. The summed E-state index contributed by atoms with van der Waals surface area (Å²) in [6.07, 6.45) is -0.557. The minimum atomic E-state index is -0.557. The molecule has 1 N–H and O–H groups in total. The van der Waals surface area contributed by atoms with E-state index in [1.165, 1.54) is 0 Å². The quantitative estimate of drug-likeness (QED) is 0.905.